The van der Waals surface area contributed by atoms with Crippen molar-refractivity contribution < 1.29 is 19.4 Å². The molecule has 0 saturated carbocycles. The third-order valence-corrected chi connectivity index (χ3v) is 7.27. The van der Waals surface area contributed by atoms with Crippen molar-refractivity contribution in [2.45, 2.75) is 19.5 Å². The zero-order valence-corrected chi connectivity index (χ0v) is 20.5. The van der Waals surface area contributed by atoms with Crippen LogP contribution in [-0.2, 0) is 11.3 Å². The molecule has 2 aromatic carbocycles. The second-order valence-electron chi connectivity index (χ2n) is 8.29. The Labute approximate surface area is 212 Å². The van der Waals surface area contributed by atoms with E-state index in [0.29, 0.717) is 32.6 Å². The summed E-state index contributed by atoms with van der Waals surface area (Å²) in [6.07, 6.45) is 1.64. The molecule has 1 atom stereocenters. The Morgan fingerprint density at radius 1 is 1.06 bits per heavy atom. The number of thiazole rings is 1. The molecule has 1 N–H and O–H groups in total. The van der Waals surface area contributed by atoms with Gasteiger partial charge in [-0.1, -0.05) is 54.6 Å². The Bertz CT molecular complexity index is 1460. The molecule has 2 aromatic heterocycles. The maximum Gasteiger partial charge on any atom is 0.290 e. The van der Waals surface area contributed by atoms with Gasteiger partial charge in [0.1, 0.15) is 10.8 Å². The SMILES string of the molecule is COc1ccccc1C1C(C(=O)c2sc(-c3ccccc3)nc2C)=C(O)C(=O)N1Cc1ccccn1. The number of aryl methyl sites for hydroxylation is 1. The van der Waals surface area contributed by atoms with Crippen LogP contribution in [0.3, 0.4) is 0 Å². The first-order chi connectivity index (χ1) is 17.5. The van der Waals surface area contributed by atoms with Crippen molar-refractivity contribution in [3.63, 3.8) is 0 Å². The number of nitrogens with zero attached hydrogens (tertiary/aromatic N) is 3. The van der Waals surface area contributed by atoms with Gasteiger partial charge < -0.3 is 14.7 Å². The molecule has 1 amide bonds. The molecule has 5 rings (SSSR count). The fourth-order valence-electron chi connectivity index (χ4n) is 4.36. The average molecular weight is 498 g/mol. The van der Waals surface area contributed by atoms with E-state index < -0.39 is 23.5 Å². The van der Waals surface area contributed by atoms with E-state index in [1.165, 1.54) is 23.3 Å². The summed E-state index contributed by atoms with van der Waals surface area (Å²) in [6.45, 7) is 1.87. The third kappa shape index (κ3) is 4.16. The van der Waals surface area contributed by atoms with Crippen molar-refractivity contribution in [2.24, 2.45) is 0 Å². The van der Waals surface area contributed by atoms with Gasteiger partial charge in [-0.25, -0.2) is 4.98 Å². The molecule has 0 spiro atoms. The number of para-hydroxylation sites is 1. The van der Waals surface area contributed by atoms with E-state index in [1.807, 2.05) is 48.5 Å². The Hall–Kier alpha value is -4.30. The van der Waals surface area contributed by atoms with Crippen molar-refractivity contribution in [1.82, 2.24) is 14.9 Å². The lowest BCUT2D eigenvalue weighted by atomic mass is 9.94. The van der Waals surface area contributed by atoms with Crippen molar-refractivity contribution in [2.75, 3.05) is 7.11 Å². The number of ketones is 1. The first-order valence-electron chi connectivity index (χ1n) is 11.3. The molecule has 7 nitrogen and oxygen atoms in total. The number of rotatable bonds is 7. The molecular formula is C28H23N3O4S. The maximum absolute atomic E-state index is 14.0. The number of aliphatic hydroxyl groups excluding tert-OH is 1. The molecule has 36 heavy (non-hydrogen) atoms. The highest BCUT2D eigenvalue weighted by atomic mass is 32.1. The van der Waals surface area contributed by atoms with Gasteiger partial charge >= 0.3 is 0 Å². The quantitative estimate of drug-likeness (QED) is 0.348. The van der Waals surface area contributed by atoms with Crippen molar-refractivity contribution >= 4 is 23.0 Å². The summed E-state index contributed by atoms with van der Waals surface area (Å²) in [6, 6.07) is 21.3. The monoisotopic (exact) mass is 497 g/mol. The number of hydrogen-bond donors (Lipinski definition) is 1. The van der Waals surface area contributed by atoms with E-state index in [4.69, 9.17) is 4.74 Å². The van der Waals surface area contributed by atoms with Crippen LogP contribution in [0.5, 0.6) is 5.75 Å². The van der Waals surface area contributed by atoms with E-state index in [1.54, 1.807) is 37.4 Å². The van der Waals surface area contributed by atoms with Crippen LogP contribution in [0.4, 0.5) is 0 Å². The first kappa shape index (κ1) is 23.4. The lowest BCUT2D eigenvalue weighted by Crippen LogP contribution is -2.31. The second kappa shape index (κ2) is 9.75. The topological polar surface area (TPSA) is 92.6 Å². The summed E-state index contributed by atoms with van der Waals surface area (Å²) in [5.74, 6) is -1.13. The molecule has 8 heteroatoms. The number of aliphatic hydroxyl groups is 1. The molecule has 0 saturated heterocycles. The van der Waals surface area contributed by atoms with Gasteiger partial charge in [0.2, 0.25) is 5.78 Å². The average Bonchev–Trinajstić information content (AvgIpc) is 3.42. The summed E-state index contributed by atoms with van der Waals surface area (Å²) >= 11 is 1.24. The van der Waals surface area contributed by atoms with Gasteiger partial charge in [0.05, 0.1) is 41.5 Å². The number of pyridine rings is 1. The van der Waals surface area contributed by atoms with Crippen LogP contribution in [0.1, 0.15) is 32.7 Å². The molecule has 0 radical (unpaired) electrons. The summed E-state index contributed by atoms with van der Waals surface area (Å²) in [5.41, 5.74) is 2.67. The summed E-state index contributed by atoms with van der Waals surface area (Å²) in [5, 5.41) is 11.7. The predicted octanol–water partition coefficient (Wildman–Crippen LogP) is 5.30. The van der Waals surface area contributed by atoms with Crippen LogP contribution in [-0.4, -0.2) is 38.8 Å². The normalized spacial score (nSPS) is 15.4. The summed E-state index contributed by atoms with van der Waals surface area (Å²) in [4.78, 5) is 38.1. The van der Waals surface area contributed by atoms with Gasteiger partial charge in [0, 0.05) is 17.3 Å². The minimum atomic E-state index is -0.857. The first-order valence-corrected chi connectivity index (χ1v) is 12.2. The van der Waals surface area contributed by atoms with Crippen LogP contribution in [0.15, 0.2) is 90.3 Å². The molecule has 4 aromatic rings. The second-order valence-corrected chi connectivity index (χ2v) is 9.29. The van der Waals surface area contributed by atoms with Crippen molar-refractivity contribution in [3.05, 3.63) is 112 Å². The van der Waals surface area contributed by atoms with Crippen molar-refractivity contribution in [3.8, 4) is 16.3 Å². The van der Waals surface area contributed by atoms with E-state index in [-0.39, 0.29) is 12.1 Å². The fraction of sp³-hybridized carbons (Fsp3) is 0.143. The van der Waals surface area contributed by atoms with Crippen LogP contribution in [0.25, 0.3) is 10.6 Å². The third-order valence-electron chi connectivity index (χ3n) is 6.06. The van der Waals surface area contributed by atoms with E-state index >= 15 is 0 Å². The number of carbonyl (C=O) groups is 2. The highest BCUT2D eigenvalue weighted by Gasteiger charge is 2.45. The zero-order valence-electron chi connectivity index (χ0n) is 19.7. The number of Topliss-reactive ketones (excluding diaryl/α,β-unsaturated/α-hetero) is 1. The van der Waals surface area contributed by atoms with Gasteiger partial charge in [-0.05, 0) is 25.1 Å². The molecule has 0 fully saturated rings. The number of benzene rings is 2. The zero-order chi connectivity index (χ0) is 25.2. The molecule has 0 aliphatic carbocycles. The molecule has 1 aliphatic heterocycles. The van der Waals surface area contributed by atoms with E-state index in [0.717, 1.165) is 5.56 Å². The predicted molar refractivity (Wildman–Crippen MR) is 137 cm³/mol. The largest absolute Gasteiger partial charge is 0.503 e. The van der Waals surface area contributed by atoms with E-state index in [2.05, 4.69) is 9.97 Å². The maximum atomic E-state index is 14.0. The molecule has 0 bridgehead atoms. The van der Waals surface area contributed by atoms with Gasteiger partial charge in [-0.2, -0.15) is 0 Å². The van der Waals surface area contributed by atoms with Crippen LogP contribution >= 0.6 is 11.3 Å². The molecule has 1 aliphatic rings. The van der Waals surface area contributed by atoms with E-state index in [9.17, 15) is 14.7 Å². The number of ether oxygens (including phenoxy) is 1. The molecule has 1 unspecified atom stereocenters. The fourth-order valence-corrected chi connectivity index (χ4v) is 5.39. The minimum Gasteiger partial charge on any atom is -0.503 e. The Kier molecular flexibility index (Phi) is 6.35. The number of methoxy groups -OCH3 is 1. The summed E-state index contributed by atoms with van der Waals surface area (Å²) < 4.78 is 5.57. The lowest BCUT2D eigenvalue weighted by molar-refractivity contribution is -0.130. The number of aromatic nitrogens is 2. The number of amides is 1. The van der Waals surface area contributed by atoms with Crippen LogP contribution in [0.2, 0.25) is 0 Å². The van der Waals surface area contributed by atoms with Crippen molar-refractivity contribution in [1.29, 1.82) is 0 Å². The van der Waals surface area contributed by atoms with Crippen LogP contribution < -0.4 is 4.74 Å². The molecule has 180 valence electrons. The lowest BCUT2D eigenvalue weighted by Gasteiger charge is -2.27. The molecular weight excluding hydrogens is 474 g/mol. The van der Waals surface area contributed by atoms with Gasteiger partial charge in [0.15, 0.2) is 5.76 Å². The summed E-state index contributed by atoms with van der Waals surface area (Å²) in [7, 11) is 1.53. The molecule has 3 heterocycles. The standard InChI is InChI=1S/C28H23N3O4S/c1-17-26(36-27(30-17)18-10-4-3-5-11-18)24(32)22-23(20-13-6-7-14-21(20)35-2)31(28(34)25(22)33)16-19-12-8-9-15-29-19/h3-15,23,33H,16H2,1-2H3. The number of carbonyl (C=O) groups excluding carboxylic acids is 2. The number of hydrogen-bond acceptors (Lipinski definition) is 7. The smallest absolute Gasteiger partial charge is 0.290 e. The highest BCUT2D eigenvalue weighted by Crippen LogP contribution is 2.44. The highest BCUT2D eigenvalue weighted by molar-refractivity contribution is 7.17. The van der Waals surface area contributed by atoms with Crippen LogP contribution in [0, 0.1) is 6.92 Å². The minimum absolute atomic E-state index is 0.00629. The van der Waals surface area contributed by atoms with Gasteiger partial charge in [0.25, 0.3) is 5.91 Å². The van der Waals surface area contributed by atoms with Gasteiger partial charge in [-0.3, -0.25) is 14.6 Å². The Balaban J connectivity index is 1.61. The Morgan fingerprint density at radius 3 is 2.50 bits per heavy atom. The van der Waals surface area contributed by atoms with Gasteiger partial charge in [-0.15, -0.1) is 11.3 Å². The Morgan fingerprint density at radius 2 is 1.78 bits per heavy atom.